The van der Waals surface area contributed by atoms with E-state index in [1.807, 2.05) is 9.80 Å². The van der Waals surface area contributed by atoms with Crippen molar-refractivity contribution in [3.05, 3.63) is 0 Å². The molecule has 2 saturated heterocycles. The Morgan fingerprint density at radius 3 is 2.28 bits per heavy atom. The summed E-state index contributed by atoms with van der Waals surface area (Å²) >= 11 is 0. The molecule has 2 aliphatic heterocycles. The molecule has 166 valence electrons. The lowest BCUT2D eigenvalue weighted by molar-refractivity contribution is -0.150. The molecule has 2 atom stereocenters. The summed E-state index contributed by atoms with van der Waals surface area (Å²) in [5.74, 6) is 1.76. The van der Waals surface area contributed by atoms with Crippen LogP contribution in [0, 0.1) is 17.8 Å². The molecule has 0 radical (unpaired) electrons. The maximum atomic E-state index is 13.4. The van der Waals surface area contributed by atoms with Crippen molar-refractivity contribution in [1.82, 2.24) is 15.1 Å². The number of Topliss-reactive ketones (excluding diaryl/α,β-unsaturated/α-hetero) is 1. The first-order valence-electron chi connectivity index (χ1n) is 11.5. The van der Waals surface area contributed by atoms with Gasteiger partial charge in [-0.2, -0.15) is 0 Å². The third kappa shape index (κ3) is 7.09. The average Bonchev–Trinajstić information content (AvgIpc) is 2.66. The maximum absolute atomic E-state index is 13.4. The first-order valence-corrected chi connectivity index (χ1v) is 11.5. The number of rotatable bonds is 9. The minimum absolute atomic E-state index is 0.0836. The van der Waals surface area contributed by atoms with Crippen LogP contribution in [0.1, 0.15) is 73.1 Å². The van der Waals surface area contributed by atoms with Crippen LogP contribution in [0.5, 0.6) is 0 Å². The van der Waals surface area contributed by atoms with Gasteiger partial charge in [0.05, 0.1) is 6.04 Å². The van der Waals surface area contributed by atoms with Crippen LogP contribution in [0.15, 0.2) is 0 Å². The van der Waals surface area contributed by atoms with E-state index in [0.29, 0.717) is 37.1 Å². The Hall–Kier alpha value is -1.43. The van der Waals surface area contributed by atoms with Gasteiger partial charge in [0.25, 0.3) is 0 Å². The third-order valence-electron chi connectivity index (χ3n) is 6.22. The highest BCUT2D eigenvalue weighted by Gasteiger charge is 2.39. The number of nitrogens with one attached hydrogen (secondary N) is 1. The highest BCUT2D eigenvalue weighted by molar-refractivity contribution is 5.90. The predicted octanol–water partition coefficient (Wildman–Crippen LogP) is 2.86. The van der Waals surface area contributed by atoms with Crippen molar-refractivity contribution in [2.24, 2.45) is 17.8 Å². The van der Waals surface area contributed by atoms with Crippen molar-refractivity contribution in [3.8, 4) is 0 Å². The Morgan fingerprint density at radius 1 is 1.07 bits per heavy atom. The number of hydrogen-bond donors (Lipinski definition) is 1. The van der Waals surface area contributed by atoms with Crippen LogP contribution in [-0.2, 0) is 14.4 Å². The lowest BCUT2D eigenvalue weighted by Gasteiger charge is -2.42. The van der Waals surface area contributed by atoms with Crippen molar-refractivity contribution in [2.45, 2.75) is 85.2 Å². The Balaban J connectivity index is 2.03. The summed E-state index contributed by atoms with van der Waals surface area (Å²) in [6, 6.07) is -0.531. The number of carbonyl (C=O) groups is 3. The van der Waals surface area contributed by atoms with E-state index in [9.17, 15) is 14.4 Å². The Labute approximate surface area is 176 Å². The molecule has 2 fully saturated rings. The highest BCUT2D eigenvalue weighted by Crippen LogP contribution is 2.25. The molecule has 0 saturated carbocycles. The third-order valence-corrected chi connectivity index (χ3v) is 6.22. The molecule has 0 aromatic heterocycles. The number of ketones is 1. The number of hydrogen-bond acceptors (Lipinski definition) is 4. The second-order valence-electron chi connectivity index (χ2n) is 9.82. The summed E-state index contributed by atoms with van der Waals surface area (Å²) in [5, 5.41) is 3.34. The van der Waals surface area contributed by atoms with Crippen LogP contribution in [0.3, 0.4) is 0 Å². The first kappa shape index (κ1) is 23.8. The van der Waals surface area contributed by atoms with Crippen molar-refractivity contribution < 1.29 is 14.4 Å². The van der Waals surface area contributed by atoms with Crippen LogP contribution in [0.25, 0.3) is 0 Å². The Morgan fingerprint density at radius 2 is 1.72 bits per heavy atom. The van der Waals surface area contributed by atoms with Crippen molar-refractivity contribution >= 4 is 17.6 Å². The van der Waals surface area contributed by atoms with E-state index >= 15 is 0 Å². The SMILES string of the molecule is CC(=O)CCC1CCN(C(=O)[C@H](CC(C)C)N2CCN[C@@H](CC(C)C)C2=O)CC1. The fourth-order valence-corrected chi connectivity index (χ4v) is 4.59. The Kier molecular flexibility index (Phi) is 9.12. The van der Waals surface area contributed by atoms with E-state index in [2.05, 4.69) is 33.0 Å². The number of amides is 2. The fraction of sp³-hybridized carbons (Fsp3) is 0.870. The van der Waals surface area contributed by atoms with Gasteiger partial charge in [-0.25, -0.2) is 0 Å². The van der Waals surface area contributed by atoms with Gasteiger partial charge in [0.2, 0.25) is 11.8 Å². The zero-order chi connectivity index (χ0) is 21.6. The summed E-state index contributed by atoms with van der Waals surface area (Å²) < 4.78 is 0. The zero-order valence-corrected chi connectivity index (χ0v) is 19.1. The summed E-state index contributed by atoms with van der Waals surface area (Å²) in [6.45, 7) is 13.0. The minimum Gasteiger partial charge on any atom is -0.341 e. The van der Waals surface area contributed by atoms with E-state index in [0.717, 1.165) is 45.3 Å². The molecule has 2 heterocycles. The van der Waals surface area contributed by atoms with Crippen LogP contribution in [0.4, 0.5) is 0 Å². The largest absolute Gasteiger partial charge is 0.341 e. The van der Waals surface area contributed by atoms with E-state index < -0.39 is 0 Å². The molecule has 0 bridgehead atoms. The molecule has 0 aromatic rings. The number of carbonyl (C=O) groups excluding carboxylic acids is 3. The van der Waals surface area contributed by atoms with Gasteiger partial charge in [0.15, 0.2) is 0 Å². The highest BCUT2D eigenvalue weighted by atomic mass is 16.2. The lowest BCUT2D eigenvalue weighted by Crippen LogP contribution is -2.62. The lowest BCUT2D eigenvalue weighted by atomic mass is 9.90. The monoisotopic (exact) mass is 407 g/mol. The number of nitrogens with zero attached hydrogens (tertiary/aromatic N) is 2. The van der Waals surface area contributed by atoms with E-state index in [-0.39, 0.29) is 29.7 Å². The topological polar surface area (TPSA) is 69.7 Å². The number of piperazine rings is 1. The van der Waals surface area contributed by atoms with E-state index in [4.69, 9.17) is 0 Å². The predicted molar refractivity (Wildman–Crippen MR) is 115 cm³/mol. The molecular weight excluding hydrogens is 366 g/mol. The Bertz CT molecular complexity index is 568. The van der Waals surface area contributed by atoms with Crippen LogP contribution >= 0.6 is 0 Å². The molecule has 6 heteroatoms. The van der Waals surface area contributed by atoms with Gasteiger partial charge < -0.3 is 19.9 Å². The van der Waals surface area contributed by atoms with Crippen LogP contribution in [-0.4, -0.2) is 65.7 Å². The summed E-state index contributed by atoms with van der Waals surface area (Å²) in [5.41, 5.74) is 0. The molecule has 0 unspecified atom stereocenters. The normalized spacial score (nSPS) is 22.4. The average molecular weight is 408 g/mol. The number of likely N-dealkylation sites (tertiary alicyclic amines) is 1. The van der Waals surface area contributed by atoms with Crippen LogP contribution in [0.2, 0.25) is 0 Å². The van der Waals surface area contributed by atoms with Gasteiger partial charge in [-0.15, -0.1) is 0 Å². The molecule has 6 nitrogen and oxygen atoms in total. The molecule has 29 heavy (non-hydrogen) atoms. The molecule has 0 spiro atoms. The van der Waals surface area contributed by atoms with Crippen molar-refractivity contribution in [2.75, 3.05) is 26.2 Å². The zero-order valence-electron chi connectivity index (χ0n) is 19.1. The molecule has 0 aliphatic carbocycles. The van der Waals surface area contributed by atoms with E-state index in [1.165, 1.54) is 0 Å². The van der Waals surface area contributed by atoms with Crippen molar-refractivity contribution in [3.63, 3.8) is 0 Å². The summed E-state index contributed by atoms with van der Waals surface area (Å²) in [6.07, 6.45) is 5.00. The quantitative estimate of drug-likeness (QED) is 0.638. The summed E-state index contributed by atoms with van der Waals surface area (Å²) in [4.78, 5) is 41.6. The molecule has 2 rings (SSSR count). The molecule has 2 aliphatic rings. The standard InChI is InChI=1S/C23H41N3O3/c1-16(2)14-20-22(28)26(13-10-24-20)21(15-17(3)4)23(29)25-11-8-19(9-12-25)7-6-18(5)27/h16-17,19-21,24H,6-15H2,1-5H3/t20-,21-/m0/s1. The van der Waals surface area contributed by atoms with Gasteiger partial charge in [0.1, 0.15) is 11.8 Å². The molecule has 2 amide bonds. The second kappa shape index (κ2) is 11.1. The molecular formula is C23H41N3O3. The first-order chi connectivity index (χ1) is 13.7. The van der Waals surface area contributed by atoms with Gasteiger partial charge >= 0.3 is 0 Å². The van der Waals surface area contributed by atoms with Gasteiger partial charge in [-0.1, -0.05) is 27.7 Å². The maximum Gasteiger partial charge on any atom is 0.245 e. The second-order valence-corrected chi connectivity index (χ2v) is 9.82. The van der Waals surface area contributed by atoms with Crippen LogP contribution < -0.4 is 5.32 Å². The van der Waals surface area contributed by atoms with Gasteiger partial charge in [-0.05, 0) is 56.8 Å². The summed E-state index contributed by atoms with van der Waals surface area (Å²) in [7, 11) is 0. The smallest absolute Gasteiger partial charge is 0.245 e. The minimum atomic E-state index is -0.354. The van der Waals surface area contributed by atoms with Gasteiger partial charge in [0, 0.05) is 32.6 Å². The fourth-order valence-electron chi connectivity index (χ4n) is 4.59. The van der Waals surface area contributed by atoms with E-state index in [1.54, 1.807) is 6.92 Å². The molecule has 0 aromatic carbocycles. The number of piperidine rings is 1. The van der Waals surface area contributed by atoms with Gasteiger partial charge in [-0.3, -0.25) is 9.59 Å². The molecule has 1 N–H and O–H groups in total. The van der Waals surface area contributed by atoms with Crippen molar-refractivity contribution in [1.29, 1.82) is 0 Å².